The summed E-state index contributed by atoms with van der Waals surface area (Å²) in [5.41, 5.74) is 1.82. The van der Waals surface area contributed by atoms with Crippen molar-refractivity contribution in [1.82, 2.24) is 5.32 Å². The number of rotatable bonds is 7. The number of carbonyl (C=O) groups excluding carboxylic acids is 1. The Hall–Kier alpha value is -1.20. The lowest BCUT2D eigenvalue weighted by Crippen LogP contribution is -2.36. The number of hydrogen-bond donors (Lipinski definition) is 2. The van der Waals surface area contributed by atoms with E-state index >= 15 is 0 Å². The maximum Gasteiger partial charge on any atom is 0.319 e. The zero-order chi connectivity index (χ0) is 15.0. The zero-order valence-corrected chi connectivity index (χ0v) is 13.4. The van der Waals surface area contributed by atoms with E-state index in [1.54, 1.807) is 18.9 Å². The van der Waals surface area contributed by atoms with Crippen molar-refractivity contribution in [2.75, 3.05) is 24.4 Å². The Morgan fingerprint density at radius 1 is 1.40 bits per heavy atom. The Kier molecular flexibility index (Phi) is 7.47. The van der Waals surface area contributed by atoms with E-state index in [0.29, 0.717) is 0 Å². The van der Waals surface area contributed by atoms with Gasteiger partial charge in [-0.05, 0) is 50.0 Å². The van der Waals surface area contributed by atoms with Gasteiger partial charge in [0.1, 0.15) is 0 Å². The van der Waals surface area contributed by atoms with Crippen LogP contribution >= 0.6 is 11.8 Å². The summed E-state index contributed by atoms with van der Waals surface area (Å²) in [6.45, 7) is 3.99. The van der Waals surface area contributed by atoms with E-state index in [4.69, 9.17) is 4.74 Å². The van der Waals surface area contributed by atoms with Crippen LogP contribution in [-0.4, -0.2) is 31.2 Å². The van der Waals surface area contributed by atoms with Crippen LogP contribution in [-0.2, 0) is 4.74 Å². The van der Waals surface area contributed by atoms with Gasteiger partial charge in [-0.3, -0.25) is 0 Å². The number of anilines is 1. The van der Waals surface area contributed by atoms with Gasteiger partial charge in [-0.25, -0.2) is 4.79 Å². The van der Waals surface area contributed by atoms with Crippen LogP contribution in [0.4, 0.5) is 10.5 Å². The summed E-state index contributed by atoms with van der Waals surface area (Å²) in [5.74, 6) is 1.04. The third-order valence-electron chi connectivity index (χ3n) is 3.10. The van der Waals surface area contributed by atoms with Crippen molar-refractivity contribution in [1.29, 1.82) is 0 Å². The first kappa shape index (κ1) is 16.9. The number of thioether (sulfide) groups is 1. The average molecular weight is 296 g/mol. The Morgan fingerprint density at radius 3 is 2.80 bits per heavy atom. The van der Waals surface area contributed by atoms with Gasteiger partial charge in [-0.2, -0.15) is 11.8 Å². The molecule has 0 saturated carbocycles. The van der Waals surface area contributed by atoms with E-state index in [9.17, 15) is 4.79 Å². The van der Waals surface area contributed by atoms with Crippen LogP contribution < -0.4 is 10.6 Å². The van der Waals surface area contributed by atoms with Gasteiger partial charge in [-0.15, -0.1) is 0 Å². The predicted molar refractivity (Wildman–Crippen MR) is 86.5 cm³/mol. The van der Waals surface area contributed by atoms with Crippen LogP contribution in [0.2, 0.25) is 0 Å². The SMILES string of the molecule is CO[C@@H](C)c1cccc(NC(=O)N[C@H](C)CCSC)c1. The summed E-state index contributed by atoms with van der Waals surface area (Å²) in [4.78, 5) is 11.9. The molecule has 112 valence electrons. The summed E-state index contributed by atoms with van der Waals surface area (Å²) in [7, 11) is 1.67. The van der Waals surface area contributed by atoms with Crippen molar-refractivity contribution in [3.63, 3.8) is 0 Å². The number of amides is 2. The topological polar surface area (TPSA) is 50.4 Å². The lowest BCUT2D eigenvalue weighted by Gasteiger charge is -2.15. The number of hydrogen-bond acceptors (Lipinski definition) is 3. The maximum absolute atomic E-state index is 11.9. The van der Waals surface area contributed by atoms with E-state index in [0.717, 1.165) is 23.4 Å². The van der Waals surface area contributed by atoms with E-state index in [2.05, 4.69) is 16.9 Å². The molecule has 2 N–H and O–H groups in total. The molecule has 0 unspecified atom stereocenters. The summed E-state index contributed by atoms with van der Waals surface area (Å²) in [6.07, 6.45) is 3.05. The molecule has 2 amide bonds. The van der Waals surface area contributed by atoms with E-state index in [1.165, 1.54) is 0 Å². The third-order valence-corrected chi connectivity index (χ3v) is 3.74. The minimum atomic E-state index is -0.166. The lowest BCUT2D eigenvalue weighted by molar-refractivity contribution is 0.119. The molecule has 0 aromatic heterocycles. The summed E-state index contributed by atoms with van der Waals surface area (Å²) in [6, 6.07) is 7.71. The van der Waals surface area contributed by atoms with Crippen molar-refractivity contribution in [3.05, 3.63) is 29.8 Å². The van der Waals surface area contributed by atoms with Crippen LogP contribution in [0.3, 0.4) is 0 Å². The Labute approximate surface area is 125 Å². The Balaban J connectivity index is 2.53. The first-order valence-electron chi connectivity index (χ1n) is 6.76. The highest BCUT2D eigenvalue weighted by Crippen LogP contribution is 2.19. The molecule has 0 bridgehead atoms. The van der Waals surface area contributed by atoms with Gasteiger partial charge in [-0.1, -0.05) is 12.1 Å². The molecule has 4 nitrogen and oxygen atoms in total. The number of urea groups is 1. The largest absolute Gasteiger partial charge is 0.377 e. The number of carbonyl (C=O) groups is 1. The molecule has 0 aliphatic heterocycles. The second kappa shape index (κ2) is 8.87. The molecule has 20 heavy (non-hydrogen) atoms. The lowest BCUT2D eigenvalue weighted by atomic mass is 10.1. The molecule has 0 heterocycles. The fourth-order valence-corrected chi connectivity index (χ4v) is 2.35. The van der Waals surface area contributed by atoms with Gasteiger partial charge in [0, 0.05) is 18.8 Å². The first-order chi connectivity index (χ1) is 9.56. The van der Waals surface area contributed by atoms with Gasteiger partial charge >= 0.3 is 6.03 Å². The Morgan fingerprint density at radius 2 is 2.15 bits per heavy atom. The standard InChI is InChI=1S/C15H24N2O2S/c1-11(8-9-20-4)16-15(18)17-14-7-5-6-13(10-14)12(2)19-3/h5-7,10-12H,8-9H2,1-4H3,(H2,16,17,18)/t11-,12+/m1/s1. The third kappa shape index (κ3) is 5.84. The highest BCUT2D eigenvalue weighted by Gasteiger charge is 2.09. The average Bonchev–Trinajstić information content (AvgIpc) is 2.44. The molecule has 0 saturated heterocycles. The van der Waals surface area contributed by atoms with E-state index in [1.807, 2.05) is 38.1 Å². The second-order valence-electron chi connectivity index (χ2n) is 4.78. The van der Waals surface area contributed by atoms with Crippen LogP contribution in [0.5, 0.6) is 0 Å². The Bertz CT molecular complexity index is 426. The van der Waals surface area contributed by atoms with E-state index in [-0.39, 0.29) is 18.2 Å². The monoisotopic (exact) mass is 296 g/mol. The fraction of sp³-hybridized carbons (Fsp3) is 0.533. The molecule has 5 heteroatoms. The fourth-order valence-electron chi connectivity index (χ4n) is 1.76. The van der Waals surface area contributed by atoms with E-state index < -0.39 is 0 Å². The highest BCUT2D eigenvalue weighted by atomic mass is 32.2. The zero-order valence-electron chi connectivity index (χ0n) is 12.6. The molecule has 0 aliphatic rings. The molecular weight excluding hydrogens is 272 g/mol. The minimum Gasteiger partial charge on any atom is -0.377 e. The van der Waals surface area contributed by atoms with Crippen LogP contribution in [0.1, 0.15) is 31.9 Å². The molecule has 2 atom stereocenters. The second-order valence-corrected chi connectivity index (χ2v) is 5.77. The molecular formula is C15H24N2O2S. The first-order valence-corrected chi connectivity index (χ1v) is 8.15. The van der Waals surface area contributed by atoms with Crippen LogP contribution in [0, 0.1) is 0 Å². The molecule has 1 rings (SSSR count). The van der Waals surface area contributed by atoms with Crippen molar-refractivity contribution in [2.45, 2.75) is 32.4 Å². The number of benzene rings is 1. The number of ether oxygens (including phenoxy) is 1. The van der Waals surface area contributed by atoms with Crippen molar-refractivity contribution >= 4 is 23.5 Å². The summed E-state index contributed by atoms with van der Waals surface area (Å²) < 4.78 is 5.27. The normalized spacial score (nSPS) is 13.6. The van der Waals surface area contributed by atoms with Crippen LogP contribution in [0.25, 0.3) is 0 Å². The van der Waals surface area contributed by atoms with Crippen molar-refractivity contribution in [2.24, 2.45) is 0 Å². The quantitative estimate of drug-likeness (QED) is 0.807. The van der Waals surface area contributed by atoms with Gasteiger partial charge in [0.05, 0.1) is 6.10 Å². The predicted octanol–water partition coefficient (Wildman–Crippen LogP) is 3.66. The summed E-state index contributed by atoms with van der Waals surface area (Å²) >= 11 is 1.78. The molecule has 0 radical (unpaired) electrons. The van der Waals surface area contributed by atoms with Crippen molar-refractivity contribution < 1.29 is 9.53 Å². The van der Waals surface area contributed by atoms with Gasteiger partial charge < -0.3 is 15.4 Å². The smallest absolute Gasteiger partial charge is 0.319 e. The van der Waals surface area contributed by atoms with Crippen LogP contribution in [0.15, 0.2) is 24.3 Å². The summed E-state index contributed by atoms with van der Waals surface area (Å²) in [5, 5.41) is 5.79. The molecule has 1 aromatic rings. The van der Waals surface area contributed by atoms with Gasteiger partial charge in [0.2, 0.25) is 0 Å². The van der Waals surface area contributed by atoms with Gasteiger partial charge in [0.15, 0.2) is 0 Å². The molecule has 0 spiro atoms. The molecule has 0 aliphatic carbocycles. The maximum atomic E-state index is 11.9. The highest BCUT2D eigenvalue weighted by molar-refractivity contribution is 7.98. The molecule has 1 aromatic carbocycles. The van der Waals surface area contributed by atoms with Crippen molar-refractivity contribution in [3.8, 4) is 0 Å². The number of methoxy groups -OCH3 is 1. The number of nitrogens with one attached hydrogen (secondary N) is 2. The minimum absolute atomic E-state index is 0.0142. The molecule has 0 fully saturated rings. The van der Waals surface area contributed by atoms with Gasteiger partial charge in [0.25, 0.3) is 0 Å².